The highest BCUT2D eigenvalue weighted by Crippen LogP contribution is 2.29. The lowest BCUT2D eigenvalue weighted by atomic mass is 10.0. The number of hydrogen-bond acceptors (Lipinski definition) is 6. The van der Waals surface area contributed by atoms with Gasteiger partial charge in [0.2, 0.25) is 0 Å². The predicted molar refractivity (Wildman–Crippen MR) is 123 cm³/mol. The molecule has 9 heteroatoms. The Labute approximate surface area is 185 Å². The van der Waals surface area contributed by atoms with E-state index in [1.165, 1.54) is 24.3 Å². The normalized spacial score (nSPS) is 12.8. The van der Waals surface area contributed by atoms with Gasteiger partial charge in [-0.05, 0) is 19.1 Å². The number of fused-ring (bicyclic) bond motifs is 1. The van der Waals surface area contributed by atoms with Crippen molar-refractivity contribution >= 4 is 23.2 Å². The van der Waals surface area contributed by atoms with Crippen molar-refractivity contribution in [2.75, 3.05) is 30.4 Å². The first-order valence-corrected chi connectivity index (χ1v) is 10.4. The molecule has 0 spiro atoms. The number of carbonyl (C=O) groups is 1. The van der Waals surface area contributed by atoms with Gasteiger partial charge in [-0.3, -0.25) is 10.1 Å². The minimum absolute atomic E-state index is 0.0199. The number of benzene rings is 2. The number of nitrogens with zero attached hydrogens (tertiary/aromatic N) is 5. The highest BCUT2D eigenvalue weighted by molar-refractivity contribution is 5.89. The molecule has 0 atom stereocenters. The van der Waals surface area contributed by atoms with Crippen molar-refractivity contribution in [3.63, 3.8) is 0 Å². The van der Waals surface area contributed by atoms with Crippen LogP contribution in [0.1, 0.15) is 18.2 Å². The molecule has 3 aromatic rings. The van der Waals surface area contributed by atoms with Crippen molar-refractivity contribution in [3.8, 4) is 11.4 Å². The van der Waals surface area contributed by atoms with Gasteiger partial charge in [0.25, 0.3) is 5.69 Å². The molecule has 0 saturated heterocycles. The lowest BCUT2D eigenvalue weighted by Crippen LogP contribution is -2.40. The molecule has 1 aliphatic rings. The zero-order valence-electron chi connectivity index (χ0n) is 18.0. The van der Waals surface area contributed by atoms with E-state index in [9.17, 15) is 14.9 Å². The zero-order chi connectivity index (χ0) is 22.7. The zero-order valence-corrected chi connectivity index (χ0v) is 18.0. The summed E-state index contributed by atoms with van der Waals surface area (Å²) in [5.41, 5.74) is 3.34. The molecule has 0 fully saturated rings. The number of nitro groups is 1. The molecule has 0 radical (unpaired) electrons. The fraction of sp³-hybridized carbons (Fsp3) is 0.261. The average molecular weight is 432 g/mol. The SMILES string of the molecule is CCN(C)c1nc(-c2ccccc2)nc2c1CN(C(=O)Nc1ccc([N+](=O)[O-])cc1)CC2. The van der Waals surface area contributed by atoms with Crippen LogP contribution in [0.15, 0.2) is 54.6 Å². The summed E-state index contributed by atoms with van der Waals surface area (Å²) < 4.78 is 0. The summed E-state index contributed by atoms with van der Waals surface area (Å²) in [5, 5.41) is 13.6. The van der Waals surface area contributed by atoms with Crippen molar-refractivity contribution in [2.24, 2.45) is 0 Å². The molecule has 1 aliphatic heterocycles. The van der Waals surface area contributed by atoms with Crippen LogP contribution in [0.5, 0.6) is 0 Å². The third kappa shape index (κ3) is 4.36. The summed E-state index contributed by atoms with van der Waals surface area (Å²) in [6.45, 7) is 3.74. The second-order valence-electron chi connectivity index (χ2n) is 7.58. The van der Waals surface area contributed by atoms with Crippen molar-refractivity contribution in [3.05, 3.63) is 76.0 Å². The van der Waals surface area contributed by atoms with Gasteiger partial charge in [0.05, 0.1) is 17.2 Å². The van der Waals surface area contributed by atoms with Crippen molar-refractivity contribution in [1.29, 1.82) is 0 Å². The van der Waals surface area contributed by atoms with E-state index in [0.717, 1.165) is 29.2 Å². The van der Waals surface area contributed by atoms with E-state index in [2.05, 4.69) is 17.1 Å². The topological polar surface area (TPSA) is 104 Å². The summed E-state index contributed by atoms with van der Waals surface area (Å²) in [6.07, 6.45) is 0.621. The van der Waals surface area contributed by atoms with E-state index in [4.69, 9.17) is 9.97 Å². The number of amides is 2. The van der Waals surface area contributed by atoms with E-state index >= 15 is 0 Å². The first-order valence-electron chi connectivity index (χ1n) is 10.4. The van der Waals surface area contributed by atoms with Gasteiger partial charge >= 0.3 is 6.03 Å². The quantitative estimate of drug-likeness (QED) is 0.481. The van der Waals surface area contributed by atoms with Crippen molar-refractivity contribution < 1.29 is 9.72 Å². The largest absolute Gasteiger partial charge is 0.360 e. The predicted octanol–water partition coefficient (Wildman–Crippen LogP) is 4.10. The van der Waals surface area contributed by atoms with E-state index in [-0.39, 0.29) is 11.7 Å². The number of rotatable bonds is 5. The van der Waals surface area contributed by atoms with Gasteiger partial charge < -0.3 is 15.1 Å². The van der Waals surface area contributed by atoms with Crippen LogP contribution in [0, 0.1) is 10.1 Å². The Kier molecular flexibility index (Phi) is 5.98. The molecule has 1 N–H and O–H groups in total. The molecule has 0 saturated carbocycles. The van der Waals surface area contributed by atoms with E-state index in [0.29, 0.717) is 31.0 Å². The van der Waals surface area contributed by atoms with Crippen LogP contribution in [0.25, 0.3) is 11.4 Å². The number of urea groups is 1. The molecular weight excluding hydrogens is 408 g/mol. The van der Waals surface area contributed by atoms with Crippen molar-refractivity contribution in [2.45, 2.75) is 19.9 Å². The maximum Gasteiger partial charge on any atom is 0.322 e. The molecule has 1 aromatic heterocycles. The lowest BCUT2D eigenvalue weighted by Gasteiger charge is -2.31. The highest BCUT2D eigenvalue weighted by Gasteiger charge is 2.27. The fourth-order valence-corrected chi connectivity index (χ4v) is 3.62. The highest BCUT2D eigenvalue weighted by atomic mass is 16.6. The Bertz CT molecular complexity index is 1130. The van der Waals surface area contributed by atoms with Crippen LogP contribution in [0.2, 0.25) is 0 Å². The number of hydrogen-bond donors (Lipinski definition) is 1. The molecule has 0 bridgehead atoms. The van der Waals surface area contributed by atoms with Gasteiger partial charge in [0.15, 0.2) is 5.82 Å². The molecule has 9 nitrogen and oxygen atoms in total. The minimum atomic E-state index is -0.470. The molecule has 2 amide bonds. The number of aromatic nitrogens is 2. The maximum absolute atomic E-state index is 12.9. The summed E-state index contributed by atoms with van der Waals surface area (Å²) in [5.74, 6) is 1.51. The smallest absolute Gasteiger partial charge is 0.322 e. The Morgan fingerprint density at radius 1 is 1.16 bits per heavy atom. The van der Waals surface area contributed by atoms with Gasteiger partial charge in [-0.2, -0.15) is 0 Å². The molecule has 4 rings (SSSR count). The molecule has 0 unspecified atom stereocenters. The van der Waals surface area contributed by atoms with Crippen LogP contribution in [-0.2, 0) is 13.0 Å². The number of anilines is 2. The Morgan fingerprint density at radius 2 is 1.88 bits per heavy atom. The van der Waals surface area contributed by atoms with Crippen LogP contribution in [0.3, 0.4) is 0 Å². The molecule has 0 aliphatic carbocycles. The third-order valence-electron chi connectivity index (χ3n) is 5.52. The van der Waals surface area contributed by atoms with Gasteiger partial charge in [-0.15, -0.1) is 0 Å². The Balaban J connectivity index is 1.58. The standard InChI is InChI=1S/C23H24N6O3/c1-3-27(2)22-19-15-28(23(30)24-17-9-11-18(12-10-17)29(31)32)14-13-20(19)25-21(26-22)16-7-5-4-6-8-16/h4-12H,3,13-15H2,1-2H3,(H,24,30). The Morgan fingerprint density at radius 3 is 2.53 bits per heavy atom. The minimum Gasteiger partial charge on any atom is -0.360 e. The Hall–Kier alpha value is -4.01. The van der Waals surface area contributed by atoms with Crippen LogP contribution >= 0.6 is 0 Å². The number of nitrogens with one attached hydrogen (secondary N) is 1. The first-order chi connectivity index (χ1) is 15.5. The summed E-state index contributed by atoms with van der Waals surface area (Å²) in [7, 11) is 1.98. The molecular formula is C23H24N6O3. The second kappa shape index (κ2) is 9.01. The van der Waals surface area contributed by atoms with Gasteiger partial charge in [-0.1, -0.05) is 30.3 Å². The maximum atomic E-state index is 12.9. The van der Waals surface area contributed by atoms with Gasteiger partial charge in [-0.25, -0.2) is 14.8 Å². The van der Waals surface area contributed by atoms with Gasteiger partial charge in [0, 0.05) is 55.5 Å². The lowest BCUT2D eigenvalue weighted by molar-refractivity contribution is -0.384. The number of nitro benzene ring substituents is 1. The van der Waals surface area contributed by atoms with Gasteiger partial charge in [0.1, 0.15) is 5.82 Å². The monoisotopic (exact) mass is 432 g/mol. The molecule has 2 heterocycles. The van der Waals surface area contributed by atoms with Crippen LogP contribution in [-0.4, -0.2) is 46.0 Å². The molecule has 164 valence electrons. The van der Waals surface area contributed by atoms with Crippen molar-refractivity contribution in [1.82, 2.24) is 14.9 Å². The van der Waals surface area contributed by atoms with E-state index < -0.39 is 4.92 Å². The summed E-state index contributed by atoms with van der Waals surface area (Å²) in [4.78, 5) is 36.6. The third-order valence-corrected chi connectivity index (χ3v) is 5.52. The summed E-state index contributed by atoms with van der Waals surface area (Å²) in [6, 6.07) is 15.4. The first kappa shape index (κ1) is 21.2. The van der Waals surface area contributed by atoms with E-state index in [1.807, 2.05) is 37.4 Å². The van der Waals surface area contributed by atoms with E-state index in [1.54, 1.807) is 4.90 Å². The number of non-ortho nitro benzene ring substituents is 1. The van der Waals surface area contributed by atoms with Crippen LogP contribution in [0.4, 0.5) is 22.0 Å². The average Bonchev–Trinajstić information content (AvgIpc) is 2.83. The van der Waals surface area contributed by atoms with Crippen LogP contribution < -0.4 is 10.2 Å². The second-order valence-corrected chi connectivity index (χ2v) is 7.58. The molecule has 2 aromatic carbocycles. The summed E-state index contributed by atoms with van der Waals surface area (Å²) >= 11 is 0. The molecule has 32 heavy (non-hydrogen) atoms. The fourth-order valence-electron chi connectivity index (χ4n) is 3.62. The number of carbonyl (C=O) groups excluding carboxylic acids is 1.